The second-order valence-corrected chi connectivity index (χ2v) is 4.70. The highest BCUT2D eigenvalue weighted by Crippen LogP contribution is 2.23. The van der Waals surface area contributed by atoms with Crippen LogP contribution in [0.2, 0.25) is 0 Å². The molecule has 0 aliphatic heterocycles. The third-order valence-corrected chi connectivity index (χ3v) is 3.45. The molecule has 15 heavy (non-hydrogen) atoms. The summed E-state index contributed by atoms with van der Waals surface area (Å²) in [7, 11) is 1.72. The van der Waals surface area contributed by atoms with Crippen molar-refractivity contribution in [2.75, 3.05) is 12.9 Å². The monoisotopic (exact) mass is 226 g/mol. The number of aliphatic hydroxyl groups excluding tert-OH is 1. The molecule has 0 aromatic heterocycles. The number of rotatable bonds is 5. The lowest BCUT2D eigenvalue weighted by Crippen LogP contribution is -2.07. The molecule has 2 atom stereocenters. The number of thioether (sulfide) groups is 1. The van der Waals surface area contributed by atoms with Gasteiger partial charge in [0.25, 0.3) is 0 Å². The highest BCUT2D eigenvalue weighted by Gasteiger charge is 2.04. The molecule has 0 aliphatic carbocycles. The first-order valence-corrected chi connectivity index (χ1v) is 6.05. The Balaban J connectivity index is 2.58. The lowest BCUT2D eigenvalue weighted by Gasteiger charge is -2.10. The normalized spacial score (nSPS) is 14.9. The first-order valence-electron chi connectivity index (χ1n) is 5.07. The van der Waals surface area contributed by atoms with Crippen molar-refractivity contribution >= 4 is 11.8 Å². The molecule has 0 bridgehead atoms. The van der Waals surface area contributed by atoms with Gasteiger partial charge in [0.15, 0.2) is 0 Å². The minimum atomic E-state index is -0.398. The summed E-state index contributed by atoms with van der Waals surface area (Å²) in [5.74, 6) is 0.930. The van der Waals surface area contributed by atoms with E-state index in [2.05, 4.69) is 6.07 Å². The summed E-state index contributed by atoms with van der Waals surface area (Å²) in [6.07, 6.45) is -0.143. The molecule has 3 heteroatoms. The van der Waals surface area contributed by atoms with Gasteiger partial charge in [0.2, 0.25) is 0 Å². The van der Waals surface area contributed by atoms with E-state index in [1.807, 2.05) is 25.1 Å². The molecular weight excluding hydrogens is 208 g/mol. The van der Waals surface area contributed by atoms with Crippen molar-refractivity contribution in [3.8, 4) is 0 Å². The van der Waals surface area contributed by atoms with Crippen LogP contribution in [0.3, 0.4) is 0 Å². The Kier molecular flexibility index (Phi) is 5.15. The molecule has 1 rings (SSSR count). The lowest BCUT2D eigenvalue weighted by molar-refractivity contribution is 0.138. The number of ether oxygens (including phenoxy) is 1. The SMILES string of the molecule is COC(C)CSc1cccc(C(C)O)c1. The minimum absolute atomic E-state index is 0.255. The Labute approximate surface area is 95.7 Å². The maximum atomic E-state index is 9.44. The van der Waals surface area contributed by atoms with Gasteiger partial charge < -0.3 is 9.84 Å². The van der Waals surface area contributed by atoms with E-state index in [1.165, 1.54) is 4.90 Å². The third kappa shape index (κ3) is 4.24. The Hall–Kier alpha value is -0.510. The highest BCUT2D eigenvalue weighted by atomic mass is 32.2. The first kappa shape index (κ1) is 12.6. The fraction of sp³-hybridized carbons (Fsp3) is 0.500. The Morgan fingerprint density at radius 1 is 1.40 bits per heavy atom. The van der Waals surface area contributed by atoms with Crippen molar-refractivity contribution in [2.45, 2.75) is 31.0 Å². The van der Waals surface area contributed by atoms with Crippen LogP contribution in [0.25, 0.3) is 0 Å². The van der Waals surface area contributed by atoms with Crippen LogP contribution in [0.4, 0.5) is 0 Å². The molecule has 2 nitrogen and oxygen atoms in total. The predicted molar refractivity (Wildman–Crippen MR) is 64.3 cm³/mol. The smallest absolute Gasteiger partial charge is 0.0762 e. The molecule has 0 saturated carbocycles. The Morgan fingerprint density at radius 3 is 2.73 bits per heavy atom. The summed E-state index contributed by atoms with van der Waals surface area (Å²) in [4.78, 5) is 1.18. The second-order valence-electron chi connectivity index (χ2n) is 3.61. The zero-order valence-electron chi connectivity index (χ0n) is 9.43. The lowest BCUT2D eigenvalue weighted by atomic mass is 10.1. The fourth-order valence-electron chi connectivity index (χ4n) is 1.15. The molecule has 0 fully saturated rings. The van der Waals surface area contributed by atoms with Crippen molar-refractivity contribution in [3.63, 3.8) is 0 Å². The number of aliphatic hydroxyl groups is 1. The standard InChI is InChI=1S/C12H18O2S/c1-9(14-3)8-15-12-6-4-5-11(7-12)10(2)13/h4-7,9-10,13H,8H2,1-3H3. The van der Waals surface area contributed by atoms with Crippen LogP contribution in [-0.2, 0) is 4.74 Å². The Morgan fingerprint density at radius 2 is 2.13 bits per heavy atom. The quantitative estimate of drug-likeness (QED) is 0.783. The van der Waals surface area contributed by atoms with Gasteiger partial charge >= 0.3 is 0 Å². The van der Waals surface area contributed by atoms with E-state index in [0.717, 1.165) is 11.3 Å². The summed E-state index contributed by atoms with van der Waals surface area (Å²) in [6.45, 7) is 3.83. The third-order valence-electron chi connectivity index (χ3n) is 2.23. The molecule has 0 spiro atoms. The maximum Gasteiger partial charge on any atom is 0.0762 e. The average Bonchev–Trinajstić information content (AvgIpc) is 2.26. The van der Waals surface area contributed by atoms with E-state index in [9.17, 15) is 5.11 Å². The molecule has 0 amide bonds. The molecule has 0 aliphatic rings. The molecule has 2 unspecified atom stereocenters. The van der Waals surface area contributed by atoms with Crippen LogP contribution < -0.4 is 0 Å². The molecule has 0 saturated heterocycles. The number of benzene rings is 1. The molecule has 0 radical (unpaired) electrons. The van der Waals surface area contributed by atoms with Crippen molar-refractivity contribution < 1.29 is 9.84 Å². The summed E-state index contributed by atoms with van der Waals surface area (Å²) in [5.41, 5.74) is 0.963. The van der Waals surface area contributed by atoms with Crippen LogP contribution in [0.15, 0.2) is 29.2 Å². The summed E-state index contributed by atoms with van der Waals surface area (Å²) < 4.78 is 5.18. The number of hydrogen-bond donors (Lipinski definition) is 1. The molecule has 1 aromatic rings. The van der Waals surface area contributed by atoms with E-state index in [-0.39, 0.29) is 6.10 Å². The highest BCUT2D eigenvalue weighted by molar-refractivity contribution is 7.99. The van der Waals surface area contributed by atoms with Crippen molar-refractivity contribution in [1.29, 1.82) is 0 Å². The van der Waals surface area contributed by atoms with E-state index in [4.69, 9.17) is 4.74 Å². The van der Waals surface area contributed by atoms with Crippen molar-refractivity contribution in [2.24, 2.45) is 0 Å². The minimum Gasteiger partial charge on any atom is -0.389 e. The van der Waals surface area contributed by atoms with Gasteiger partial charge in [-0.1, -0.05) is 12.1 Å². The molecule has 1 aromatic carbocycles. The largest absolute Gasteiger partial charge is 0.389 e. The predicted octanol–water partition coefficient (Wildman–Crippen LogP) is 2.87. The van der Waals surface area contributed by atoms with E-state index in [1.54, 1.807) is 25.8 Å². The van der Waals surface area contributed by atoms with Gasteiger partial charge in [-0.25, -0.2) is 0 Å². The molecule has 84 valence electrons. The first-order chi connectivity index (χ1) is 7.13. The summed E-state index contributed by atoms with van der Waals surface area (Å²) in [6, 6.07) is 7.99. The maximum absolute atomic E-state index is 9.44. The van der Waals surface area contributed by atoms with Crippen LogP contribution in [0.5, 0.6) is 0 Å². The molecule has 1 N–H and O–H groups in total. The van der Waals surface area contributed by atoms with Crippen molar-refractivity contribution in [3.05, 3.63) is 29.8 Å². The van der Waals surface area contributed by atoms with Crippen molar-refractivity contribution in [1.82, 2.24) is 0 Å². The van der Waals surface area contributed by atoms with Gasteiger partial charge in [0.1, 0.15) is 0 Å². The second kappa shape index (κ2) is 6.16. The van der Waals surface area contributed by atoms with Gasteiger partial charge in [-0.15, -0.1) is 11.8 Å². The zero-order valence-corrected chi connectivity index (χ0v) is 10.3. The summed E-state index contributed by atoms with van der Waals surface area (Å²) in [5, 5.41) is 9.44. The van der Waals surface area contributed by atoms with Crippen LogP contribution in [0.1, 0.15) is 25.5 Å². The average molecular weight is 226 g/mol. The molecule has 0 heterocycles. The van der Waals surface area contributed by atoms with Crippen LogP contribution >= 0.6 is 11.8 Å². The van der Waals surface area contributed by atoms with Gasteiger partial charge in [-0.05, 0) is 31.5 Å². The number of methoxy groups -OCH3 is 1. The zero-order chi connectivity index (χ0) is 11.3. The van der Waals surface area contributed by atoms with E-state index < -0.39 is 6.10 Å². The molecular formula is C12H18O2S. The van der Waals surface area contributed by atoms with Gasteiger partial charge in [-0.2, -0.15) is 0 Å². The Bertz CT molecular complexity index is 299. The number of hydrogen-bond acceptors (Lipinski definition) is 3. The van der Waals surface area contributed by atoms with Gasteiger partial charge in [0.05, 0.1) is 12.2 Å². The summed E-state index contributed by atoms with van der Waals surface area (Å²) >= 11 is 1.75. The topological polar surface area (TPSA) is 29.5 Å². The van der Waals surface area contributed by atoms with Gasteiger partial charge in [-0.3, -0.25) is 0 Å². The van der Waals surface area contributed by atoms with Crippen LogP contribution in [0, 0.1) is 0 Å². The van der Waals surface area contributed by atoms with E-state index in [0.29, 0.717) is 0 Å². The van der Waals surface area contributed by atoms with E-state index >= 15 is 0 Å². The van der Waals surface area contributed by atoms with Gasteiger partial charge in [0, 0.05) is 17.8 Å². The van der Waals surface area contributed by atoms with Crippen LogP contribution in [-0.4, -0.2) is 24.1 Å². The fourth-order valence-corrected chi connectivity index (χ4v) is 2.10.